The maximum Gasteiger partial charge on any atom is 0.325 e. The molecule has 1 aromatic heterocycles. The van der Waals surface area contributed by atoms with Crippen molar-refractivity contribution in [3.63, 3.8) is 0 Å². The van der Waals surface area contributed by atoms with Crippen molar-refractivity contribution in [2.45, 2.75) is 32.0 Å². The Morgan fingerprint density at radius 2 is 2.20 bits per heavy atom. The fourth-order valence-corrected chi connectivity index (χ4v) is 1.88. The van der Waals surface area contributed by atoms with E-state index in [0.29, 0.717) is 18.9 Å². The summed E-state index contributed by atoms with van der Waals surface area (Å²) in [5.41, 5.74) is 0.508. The molecule has 9 nitrogen and oxygen atoms in total. The van der Waals surface area contributed by atoms with Gasteiger partial charge in [0.1, 0.15) is 12.2 Å². The summed E-state index contributed by atoms with van der Waals surface area (Å²) >= 11 is 0. The molecule has 9 heteroatoms. The minimum Gasteiger partial charge on any atom is -0.480 e. The van der Waals surface area contributed by atoms with Crippen LogP contribution in [0.25, 0.3) is 0 Å². The molecule has 0 radical (unpaired) electrons. The Bertz CT molecular complexity index is 469. The summed E-state index contributed by atoms with van der Waals surface area (Å²) in [5, 5.41) is 21.5. The zero-order valence-electron chi connectivity index (χ0n) is 10.9. The van der Waals surface area contributed by atoms with E-state index in [1.54, 1.807) is 0 Å². The van der Waals surface area contributed by atoms with Crippen LogP contribution in [0.1, 0.15) is 18.5 Å². The number of hydrogen-bond acceptors (Lipinski definition) is 5. The highest BCUT2D eigenvalue weighted by atomic mass is 16.5. The topological polar surface area (TPSA) is 118 Å². The number of carboxylic acid groups (broad SMARTS) is 1. The largest absolute Gasteiger partial charge is 0.480 e. The standard InChI is InChI=1S/C11H17N5O4/c17-10(18)7-16-6-9(14-15-16)5-12-11(19)13-8-1-3-20-4-2-8/h6,8H,1-5,7H2,(H,17,18)(H2,12,13,19). The van der Waals surface area contributed by atoms with Gasteiger partial charge in [0.2, 0.25) is 0 Å². The van der Waals surface area contributed by atoms with Crippen LogP contribution in [0.2, 0.25) is 0 Å². The second-order valence-electron chi connectivity index (χ2n) is 4.51. The molecule has 0 aromatic carbocycles. The normalized spacial score (nSPS) is 15.8. The molecule has 0 atom stereocenters. The van der Waals surface area contributed by atoms with Gasteiger partial charge in [0.15, 0.2) is 0 Å². The van der Waals surface area contributed by atoms with Crippen LogP contribution in [-0.4, -0.2) is 51.4 Å². The Morgan fingerprint density at radius 3 is 2.90 bits per heavy atom. The Labute approximate surface area is 115 Å². The number of aliphatic carboxylic acids is 1. The van der Waals surface area contributed by atoms with Crippen molar-refractivity contribution in [3.05, 3.63) is 11.9 Å². The highest BCUT2D eigenvalue weighted by Crippen LogP contribution is 2.05. The Kier molecular flexibility index (Phi) is 4.88. The molecule has 1 fully saturated rings. The number of nitrogens with zero attached hydrogens (tertiary/aromatic N) is 3. The second-order valence-corrected chi connectivity index (χ2v) is 4.51. The second kappa shape index (κ2) is 6.85. The lowest BCUT2D eigenvalue weighted by Crippen LogP contribution is -2.44. The number of hydrogen-bond donors (Lipinski definition) is 3. The molecular weight excluding hydrogens is 266 g/mol. The monoisotopic (exact) mass is 283 g/mol. The number of carbonyl (C=O) groups is 2. The first kappa shape index (κ1) is 14.3. The molecular formula is C11H17N5O4. The lowest BCUT2D eigenvalue weighted by atomic mass is 10.1. The van der Waals surface area contributed by atoms with E-state index < -0.39 is 5.97 Å². The molecule has 1 aromatic rings. The SMILES string of the molecule is O=C(O)Cn1cc(CNC(=O)NC2CCOCC2)nn1. The van der Waals surface area contributed by atoms with Gasteiger partial charge in [-0.3, -0.25) is 4.79 Å². The van der Waals surface area contributed by atoms with E-state index in [2.05, 4.69) is 20.9 Å². The number of carboxylic acids is 1. The van der Waals surface area contributed by atoms with E-state index in [9.17, 15) is 9.59 Å². The fourth-order valence-electron chi connectivity index (χ4n) is 1.88. The van der Waals surface area contributed by atoms with E-state index in [1.807, 2.05) is 0 Å². The fraction of sp³-hybridized carbons (Fsp3) is 0.636. The van der Waals surface area contributed by atoms with E-state index >= 15 is 0 Å². The van der Waals surface area contributed by atoms with Crippen LogP contribution in [-0.2, 0) is 22.6 Å². The zero-order valence-corrected chi connectivity index (χ0v) is 10.9. The molecule has 3 N–H and O–H groups in total. The number of nitrogens with one attached hydrogen (secondary N) is 2. The molecule has 0 unspecified atom stereocenters. The molecule has 2 rings (SSSR count). The number of rotatable bonds is 5. The average molecular weight is 283 g/mol. The molecule has 2 amide bonds. The Balaban J connectivity index is 1.72. The van der Waals surface area contributed by atoms with E-state index in [0.717, 1.165) is 12.8 Å². The van der Waals surface area contributed by atoms with Gasteiger partial charge in [-0.25, -0.2) is 9.48 Å². The maximum atomic E-state index is 11.7. The van der Waals surface area contributed by atoms with Crippen LogP contribution in [0.3, 0.4) is 0 Å². The van der Waals surface area contributed by atoms with Gasteiger partial charge in [-0.2, -0.15) is 0 Å². The van der Waals surface area contributed by atoms with Crippen molar-refractivity contribution in [1.29, 1.82) is 0 Å². The number of urea groups is 1. The predicted molar refractivity (Wildman–Crippen MR) is 66.9 cm³/mol. The van der Waals surface area contributed by atoms with E-state index in [4.69, 9.17) is 9.84 Å². The van der Waals surface area contributed by atoms with Crippen LogP contribution >= 0.6 is 0 Å². The number of aromatic nitrogens is 3. The van der Waals surface area contributed by atoms with Crippen molar-refractivity contribution in [2.24, 2.45) is 0 Å². The summed E-state index contributed by atoms with van der Waals surface area (Å²) < 4.78 is 6.41. The number of ether oxygens (including phenoxy) is 1. The number of carbonyl (C=O) groups excluding carboxylic acids is 1. The first-order chi connectivity index (χ1) is 9.63. The van der Waals surface area contributed by atoms with Gasteiger partial charge in [0, 0.05) is 19.3 Å². The average Bonchev–Trinajstić information content (AvgIpc) is 2.84. The third-order valence-corrected chi connectivity index (χ3v) is 2.87. The van der Waals surface area contributed by atoms with Crippen molar-refractivity contribution >= 4 is 12.0 Å². The predicted octanol–water partition coefficient (Wildman–Crippen LogP) is -0.659. The quantitative estimate of drug-likeness (QED) is 0.660. The molecule has 1 aliphatic rings. The van der Waals surface area contributed by atoms with Gasteiger partial charge in [-0.15, -0.1) is 5.10 Å². The van der Waals surface area contributed by atoms with Gasteiger partial charge in [-0.1, -0.05) is 5.21 Å². The van der Waals surface area contributed by atoms with Crippen LogP contribution < -0.4 is 10.6 Å². The Morgan fingerprint density at radius 1 is 1.45 bits per heavy atom. The Hall–Kier alpha value is -2.16. The highest BCUT2D eigenvalue weighted by molar-refractivity contribution is 5.74. The molecule has 20 heavy (non-hydrogen) atoms. The summed E-state index contributed by atoms with van der Waals surface area (Å²) in [6.07, 6.45) is 3.10. The van der Waals surface area contributed by atoms with Gasteiger partial charge in [0.25, 0.3) is 0 Å². The summed E-state index contributed by atoms with van der Waals surface area (Å²) in [5.74, 6) is -0.994. The van der Waals surface area contributed by atoms with Crippen LogP contribution in [0.5, 0.6) is 0 Å². The highest BCUT2D eigenvalue weighted by Gasteiger charge is 2.15. The van der Waals surface area contributed by atoms with Gasteiger partial charge in [0.05, 0.1) is 12.7 Å². The zero-order chi connectivity index (χ0) is 14.4. The summed E-state index contributed by atoms with van der Waals surface area (Å²) in [4.78, 5) is 22.1. The number of amides is 2. The smallest absolute Gasteiger partial charge is 0.325 e. The molecule has 0 spiro atoms. The van der Waals surface area contributed by atoms with Crippen LogP contribution in [0.15, 0.2) is 6.20 Å². The molecule has 1 saturated heterocycles. The first-order valence-corrected chi connectivity index (χ1v) is 6.36. The molecule has 2 heterocycles. The van der Waals surface area contributed by atoms with Gasteiger partial charge >= 0.3 is 12.0 Å². The molecule has 1 aliphatic heterocycles. The summed E-state index contributed by atoms with van der Waals surface area (Å²) in [7, 11) is 0. The van der Waals surface area contributed by atoms with Crippen molar-refractivity contribution in [3.8, 4) is 0 Å². The third kappa shape index (κ3) is 4.50. The lowest BCUT2D eigenvalue weighted by Gasteiger charge is -2.23. The molecule has 0 bridgehead atoms. The van der Waals surface area contributed by atoms with Crippen molar-refractivity contribution in [1.82, 2.24) is 25.6 Å². The minimum absolute atomic E-state index is 0.131. The lowest BCUT2D eigenvalue weighted by molar-refractivity contribution is -0.137. The molecule has 0 saturated carbocycles. The summed E-state index contributed by atoms with van der Waals surface area (Å²) in [6.45, 7) is 1.28. The van der Waals surface area contributed by atoms with Crippen LogP contribution in [0.4, 0.5) is 4.79 Å². The van der Waals surface area contributed by atoms with Gasteiger partial charge in [-0.05, 0) is 12.8 Å². The third-order valence-electron chi connectivity index (χ3n) is 2.87. The van der Waals surface area contributed by atoms with Crippen molar-refractivity contribution in [2.75, 3.05) is 13.2 Å². The van der Waals surface area contributed by atoms with E-state index in [-0.39, 0.29) is 25.2 Å². The first-order valence-electron chi connectivity index (χ1n) is 6.36. The molecule has 110 valence electrons. The van der Waals surface area contributed by atoms with Crippen LogP contribution in [0, 0.1) is 0 Å². The van der Waals surface area contributed by atoms with Crippen molar-refractivity contribution < 1.29 is 19.4 Å². The minimum atomic E-state index is -0.994. The maximum absolute atomic E-state index is 11.7. The van der Waals surface area contributed by atoms with E-state index in [1.165, 1.54) is 10.9 Å². The summed E-state index contributed by atoms with van der Waals surface area (Å²) in [6, 6.07) is -0.142. The van der Waals surface area contributed by atoms with Gasteiger partial charge < -0.3 is 20.5 Å². The molecule has 0 aliphatic carbocycles.